The summed E-state index contributed by atoms with van der Waals surface area (Å²) in [4.78, 5) is 12.4. The lowest BCUT2D eigenvalue weighted by molar-refractivity contribution is -0.116. The molecule has 2 aliphatic rings. The van der Waals surface area contributed by atoms with Gasteiger partial charge in [0.1, 0.15) is 17.4 Å². The number of hydrogen-bond donors (Lipinski definition) is 1. The van der Waals surface area contributed by atoms with Crippen molar-refractivity contribution in [2.45, 2.75) is 32.1 Å². The molecule has 0 radical (unpaired) electrons. The minimum Gasteiger partial charge on any atom is -0.444 e. The highest BCUT2D eigenvalue weighted by atomic mass is 16.5. The van der Waals surface area contributed by atoms with Crippen LogP contribution in [0.15, 0.2) is 29.0 Å². The van der Waals surface area contributed by atoms with Gasteiger partial charge in [-0.3, -0.25) is 9.48 Å². The molecule has 6 heteroatoms. The molecule has 0 saturated heterocycles. The van der Waals surface area contributed by atoms with Crippen molar-refractivity contribution in [3.05, 3.63) is 40.2 Å². The summed E-state index contributed by atoms with van der Waals surface area (Å²) in [5.41, 5.74) is 8.50. The first kappa shape index (κ1) is 13.4. The van der Waals surface area contributed by atoms with Crippen molar-refractivity contribution in [3.8, 4) is 6.07 Å². The van der Waals surface area contributed by atoms with Gasteiger partial charge in [-0.25, -0.2) is 0 Å². The molecule has 1 atom stereocenters. The van der Waals surface area contributed by atoms with Crippen LogP contribution in [0.4, 0.5) is 0 Å². The van der Waals surface area contributed by atoms with E-state index in [4.69, 9.17) is 10.5 Å². The van der Waals surface area contributed by atoms with Crippen LogP contribution in [-0.2, 0) is 16.6 Å². The number of nitriles is 1. The second kappa shape index (κ2) is 4.77. The van der Waals surface area contributed by atoms with Gasteiger partial charge in [-0.15, -0.1) is 0 Å². The van der Waals surface area contributed by atoms with Crippen LogP contribution in [0, 0.1) is 18.3 Å². The molecule has 3 rings (SSSR count). The van der Waals surface area contributed by atoms with Crippen molar-refractivity contribution >= 4 is 5.78 Å². The number of aryl methyl sites for hydroxylation is 1. The molecular formula is C15H16N4O2. The molecule has 0 fully saturated rings. The number of rotatable bonds is 1. The number of carbonyl (C=O) groups is 1. The molecule has 1 aromatic heterocycles. The fraction of sp³-hybridized carbons (Fsp3) is 0.400. The summed E-state index contributed by atoms with van der Waals surface area (Å²) >= 11 is 0. The van der Waals surface area contributed by atoms with Crippen molar-refractivity contribution < 1.29 is 9.53 Å². The normalized spacial score (nSPS) is 22.0. The molecule has 21 heavy (non-hydrogen) atoms. The Bertz CT molecular complexity index is 733. The van der Waals surface area contributed by atoms with Gasteiger partial charge in [0.15, 0.2) is 5.78 Å². The number of nitrogens with zero attached hydrogens (tertiary/aromatic N) is 3. The Labute approximate surface area is 122 Å². The molecule has 0 unspecified atom stereocenters. The van der Waals surface area contributed by atoms with E-state index in [1.54, 1.807) is 10.9 Å². The number of aromatic nitrogens is 2. The summed E-state index contributed by atoms with van der Waals surface area (Å²) in [5.74, 6) is 0.278. The first-order chi connectivity index (χ1) is 10.0. The van der Waals surface area contributed by atoms with E-state index in [0.717, 1.165) is 17.7 Å². The molecule has 2 heterocycles. The van der Waals surface area contributed by atoms with Crippen LogP contribution in [-0.4, -0.2) is 15.6 Å². The molecule has 1 aliphatic heterocycles. The Kier molecular flexibility index (Phi) is 3.05. The summed E-state index contributed by atoms with van der Waals surface area (Å²) in [7, 11) is 1.83. The fourth-order valence-corrected chi connectivity index (χ4v) is 2.97. The van der Waals surface area contributed by atoms with Crippen LogP contribution in [0.3, 0.4) is 0 Å². The molecular weight excluding hydrogens is 268 g/mol. The zero-order chi connectivity index (χ0) is 15.1. The number of allylic oxidation sites excluding steroid dienone is 3. The van der Waals surface area contributed by atoms with Crippen molar-refractivity contribution in [2.75, 3.05) is 0 Å². The molecule has 6 nitrogen and oxygen atoms in total. The molecule has 2 N–H and O–H groups in total. The van der Waals surface area contributed by atoms with Gasteiger partial charge in [0, 0.05) is 36.7 Å². The van der Waals surface area contributed by atoms with Crippen LogP contribution in [0.25, 0.3) is 0 Å². The van der Waals surface area contributed by atoms with Gasteiger partial charge in [-0.2, -0.15) is 10.4 Å². The van der Waals surface area contributed by atoms with Gasteiger partial charge in [0.2, 0.25) is 5.88 Å². The summed E-state index contributed by atoms with van der Waals surface area (Å²) < 4.78 is 7.25. The smallest absolute Gasteiger partial charge is 0.205 e. The number of nitrogens with two attached hydrogens (primary N) is 1. The molecule has 0 amide bonds. The van der Waals surface area contributed by atoms with E-state index in [0.29, 0.717) is 29.7 Å². The van der Waals surface area contributed by atoms with Gasteiger partial charge in [-0.1, -0.05) is 0 Å². The number of hydrogen-bond acceptors (Lipinski definition) is 5. The van der Waals surface area contributed by atoms with E-state index in [1.807, 2.05) is 14.0 Å². The van der Waals surface area contributed by atoms with E-state index in [-0.39, 0.29) is 11.7 Å². The summed E-state index contributed by atoms with van der Waals surface area (Å²) in [6, 6.07) is 2.10. The SMILES string of the molecule is Cc1c([C@@H]2C(C#N)=C(N)OC3=C2C(=O)CCC3)cnn1C. The Morgan fingerprint density at radius 1 is 1.52 bits per heavy atom. The van der Waals surface area contributed by atoms with Crippen molar-refractivity contribution in [2.24, 2.45) is 12.8 Å². The standard InChI is InChI=1S/C15H16N4O2/c1-8-10(7-18-19(8)2)13-9(6-16)15(17)21-12-5-3-4-11(20)14(12)13/h7,13H,3-5,17H2,1-2H3/t13-/m0/s1. The van der Waals surface area contributed by atoms with Crippen LogP contribution in [0.5, 0.6) is 0 Å². The average Bonchev–Trinajstić information content (AvgIpc) is 2.78. The molecule has 0 bridgehead atoms. The third kappa shape index (κ3) is 1.93. The zero-order valence-electron chi connectivity index (χ0n) is 12.0. The zero-order valence-corrected chi connectivity index (χ0v) is 12.0. The van der Waals surface area contributed by atoms with Gasteiger partial charge in [0.25, 0.3) is 0 Å². The van der Waals surface area contributed by atoms with E-state index >= 15 is 0 Å². The van der Waals surface area contributed by atoms with Crippen molar-refractivity contribution in [3.63, 3.8) is 0 Å². The third-order valence-electron chi connectivity index (χ3n) is 4.19. The summed E-state index contributed by atoms with van der Waals surface area (Å²) in [6.07, 6.45) is 3.61. The maximum atomic E-state index is 12.4. The minimum absolute atomic E-state index is 0.0322. The quantitative estimate of drug-likeness (QED) is 0.844. The molecule has 1 aliphatic carbocycles. The maximum Gasteiger partial charge on any atom is 0.205 e. The monoisotopic (exact) mass is 284 g/mol. The number of ether oxygens (including phenoxy) is 1. The molecule has 0 spiro atoms. The average molecular weight is 284 g/mol. The molecule has 0 saturated carbocycles. The summed E-state index contributed by atoms with van der Waals surface area (Å²) in [6.45, 7) is 1.91. The Morgan fingerprint density at radius 2 is 2.29 bits per heavy atom. The van der Waals surface area contributed by atoms with Crippen LogP contribution >= 0.6 is 0 Å². The van der Waals surface area contributed by atoms with E-state index < -0.39 is 5.92 Å². The molecule has 0 aromatic carbocycles. The van der Waals surface area contributed by atoms with Crippen LogP contribution in [0.2, 0.25) is 0 Å². The predicted octanol–water partition coefficient (Wildman–Crippen LogP) is 1.54. The highest BCUT2D eigenvalue weighted by molar-refractivity contribution is 5.99. The van der Waals surface area contributed by atoms with E-state index in [1.165, 1.54) is 0 Å². The van der Waals surface area contributed by atoms with E-state index in [9.17, 15) is 10.1 Å². The number of ketones is 1. The predicted molar refractivity (Wildman–Crippen MR) is 74.5 cm³/mol. The lowest BCUT2D eigenvalue weighted by atomic mass is 9.78. The third-order valence-corrected chi connectivity index (χ3v) is 4.19. The Hall–Kier alpha value is -2.55. The maximum absolute atomic E-state index is 12.4. The molecule has 1 aromatic rings. The van der Waals surface area contributed by atoms with Crippen LogP contribution in [0.1, 0.15) is 36.4 Å². The molecule has 108 valence electrons. The fourth-order valence-electron chi connectivity index (χ4n) is 2.97. The van der Waals surface area contributed by atoms with Gasteiger partial charge in [-0.05, 0) is 13.3 Å². The first-order valence-corrected chi connectivity index (χ1v) is 6.87. The summed E-state index contributed by atoms with van der Waals surface area (Å²) in [5, 5.41) is 13.7. The second-order valence-corrected chi connectivity index (χ2v) is 5.35. The van der Waals surface area contributed by atoms with Gasteiger partial charge in [0.05, 0.1) is 12.1 Å². The first-order valence-electron chi connectivity index (χ1n) is 6.87. The van der Waals surface area contributed by atoms with Gasteiger partial charge < -0.3 is 10.5 Å². The van der Waals surface area contributed by atoms with Crippen LogP contribution < -0.4 is 5.73 Å². The van der Waals surface area contributed by atoms with Crippen molar-refractivity contribution in [1.82, 2.24) is 9.78 Å². The number of carbonyl (C=O) groups excluding carboxylic acids is 1. The second-order valence-electron chi connectivity index (χ2n) is 5.35. The highest BCUT2D eigenvalue weighted by Crippen LogP contribution is 2.43. The Morgan fingerprint density at radius 3 is 2.90 bits per heavy atom. The van der Waals surface area contributed by atoms with Crippen molar-refractivity contribution in [1.29, 1.82) is 5.26 Å². The van der Waals surface area contributed by atoms with Gasteiger partial charge >= 0.3 is 0 Å². The number of Topliss-reactive ketones (excluding diaryl/α,β-unsaturated/α-hetero) is 1. The lowest BCUT2D eigenvalue weighted by Crippen LogP contribution is -2.27. The Balaban J connectivity index is 2.22. The largest absolute Gasteiger partial charge is 0.444 e. The topological polar surface area (TPSA) is 93.9 Å². The lowest BCUT2D eigenvalue weighted by Gasteiger charge is -2.30. The van der Waals surface area contributed by atoms with E-state index in [2.05, 4.69) is 11.2 Å². The highest BCUT2D eigenvalue weighted by Gasteiger charge is 2.39. The minimum atomic E-state index is -0.458.